The van der Waals surface area contributed by atoms with Crippen LogP contribution in [0.3, 0.4) is 0 Å². The van der Waals surface area contributed by atoms with Crippen LogP contribution in [0.2, 0.25) is 0 Å². The summed E-state index contributed by atoms with van der Waals surface area (Å²) in [4.78, 5) is 25.4. The van der Waals surface area contributed by atoms with Crippen molar-refractivity contribution in [3.8, 4) is 0 Å². The maximum Gasteiger partial charge on any atom is 0.217 e. The molecular weight excluding hydrogens is 1160 g/mol. The number of aliphatic hydroxyl groups excluding tert-OH is 21. The highest BCUT2D eigenvalue weighted by molar-refractivity contribution is 5.73. The molecule has 0 spiro atoms. The molecule has 1 unspecified atom stereocenters. The van der Waals surface area contributed by atoms with E-state index in [4.69, 9.17) is 61.6 Å². The second-order valence-electron chi connectivity index (χ2n) is 21.1. The summed E-state index contributed by atoms with van der Waals surface area (Å²) in [6, 6.07) is -3.61. The normalized spacial score (nSPS) is 50.3. The van der Waals surface area contributed by atoms with E-state index >= 15 is 0 Å². The second kappa shape index (κ2) is 29.9. The van der Waals surface area contributed by atoms with Gasteiger partial charge in [0.1, 0.15) is 171 Å². The molecule has 7 saturated heterocycles. The monoisotopic (exact) mass is 1230 g/mol. The minimum absolute atomic E-state index is 0.869. The predicted octanol–water partition coefficient (Wildman–Crippen LogP) is -16.0. The van der Waals surface area contributed by atoms with Crippen LogP contribution in [-0.2, 0) is 71.2 Å². The van der Waals surface area contributed by atoms with Gasteiger partial charge in [-0.25, -0.2) is 0 Å². The second-order valence-corrected chi connectivity index (χ2v) is 21.1. The highest BCUT2D eigenvalue weighted by atomic mass is 16.8. The van der Waals surface area contributed by atoms with Crippen molar-refractivity contribution in [3.05, 3.63) is 0 Å². The number of nitrogens with one attached hydrogen (secondary N) is 2. The van der Waals surface area contributed by atoms with Gasteiger partial charge in [0.2, 0.25) is 11.8 Å². The Morgan fingerprint density at radius 1 is 0.310 bits per heavy atom. The standard InChI is InChI=1S/C46H78N2O36/c1-10(55)47-19-25(61)35(81-45-33(69)38(23(59)14(5-51)76-45)84-44-32(68)28(64)22(58)13(4-50)75-44)16(7-53)77-41(19)72-9-18-24(60)39(34(70)46(79-18)82-37-15(6-52)73-40(71)30(66)29(37)65)83-42-20(48-11(2)56)26(62)36(17(8-54)78-42)80-43-31(67)27(63)21(57)12(3-49)74-43/h12-46,49-54,57-71H,3-9H2,1-2H3,(H,47,55)(H,48,56)/t12-,13-,14-,15-,16-,17-,18-,19-,20-,21+,22+,23+,24+,25-,26-,27+,28+,29-,30-,31-,32-,33-,34-,35-,36-,37-,38+,39+,40?,41-,42+,43+,44-,45+,46+/m1/s1. The molecule has 35 atom stereocenters. The zero-order valence-electron chi connectivity index (χ0n) is 44.7. The van der Waals surface area contributed by atoms with Crippen molar-refractivity contribution in [2.75, 3.05) is 46.2 Å². The highest BCUT2D eigenvalue weighted by Gasteiger charge is 2.58. The van der Waals surface area contributed by atoms with Crippen LogP contribution in [0.15, 0.2) is 0 Å². The van der Waals surface area contributed by atoms with Crippen LogP contribution in [0.25, 0.3) is 0 Å². The molecule has 0 radical (unpaired) electrons. The lowest BCUT2D eigenvalue weighted by molar-refractivity contribution is -0.385. The molecule has 0 aliphatic carbocycles. The first kappa shape index (κ1) is 69.1. The third kappa shape index (κ3) is 14.7. The first-order chi connectivity index (χ1) is 39.7. The average molecular weight is 1240 g/mol. The molecular formula is C46H78N2O36. The number of ether oxygens (including phenoxy) is 13. The Hall–Kier alpha value is -2.42. The van der Waals surface area contributed by atoms with Gasteiger partial charge in [0.25, 0.3) is 0 Å². The van der Waals surface area contributed by atoms with Crippen LogP contribution in [0.4, 0.5) is 0 Å². The van der Waals surface area contributed by atoms with Crippen molar-refractivity contribution in [1.82, 2.24) is 10.6 Å². The van der Waals surface area contributed by atoms with Crippen LogP contribution >= 0.6 is 0 Å². The lowest BCUT2D eigenvalue weighted by Gasteiger charge is -2.50. The summed E-state index contributed by atoms with van der Waals surface area (Å²) in [5.41, 5.74) is 0. The van der Waals surface area contributed by atoms with Crippen molar-refractivity contribution in [3.63, 3.8) is 0 Å². The summed E-state index contributed by atoms with van der Waals surface area (Å²) in [6.07, 6.45) is -64.3. The molecule has 0 aromatic heterocycles. The number of hydrogen-bond donors (Lipinski definition) is 23. The van der Waals surface area contributed by atoms with Gasteiger partial charge in [0, 0.05) is 13.8 Å². The molecule has 7 fully saturated rings. The third-order valence-electron chi connectivity index (χ3n) is 15.3. The molecule has 38 nitrogen and oxygen atoms in total. The van der Waals surface area contributed by atoms with E-state index in [-0.39, 0.29) is 0 Å². The summed E-state index contributed by atoms with van der Waals surface area (Å²) < 4.78 is 74.4. The van der Waals surface area contributed by atoms with E-state index < -0.39 is 273 Å². The van der Waals surface area contributed by atoms with Gasteiger partial charge in [-0.3, -0.25) is 9.59 Å². The summed E-state index contributed by atoms with van der Waals surface area (Å²) in [6.45, 7) is -4.94. The number of rotatable bonds is 21. The zero-order chi connectivity index (χ0) is 61.9. The lowest BCUT2D eigenvalue weighted by atomic mass is 9.94. The van der Waals surface area contributed by atoms with Gasteiger partial charge in [-0.15, -0.1) is 0 Å². The van der Waals surface area contributed by atoms with Gasteiger partial charge < -0.3 is 179 Å². The number of carbonyl (C=O) groups excluding carboxylic acids is 2. The van der Waals surface area contributed by atoms with Crippen molar-refractivity contribution in [2.45, 2.75) is 229 Å². The van der Waals surface area contributed by atoms with Crippen LogP contribution < -0.4 is 10.6 Å². The van der Waals surface area contributed by atoms with Gasteiger partial charge in [-0.05, 0) is 0 Å². The maximum atomic E-state index is 12.7. The molecule has 7 aliphatic rings. The van der Waals surface area contributed by atoms with Gasteiger partial charge in [0.15, 0.2) is 44.0 Å². The van der Waals surface area contributed by atoms with E-state index in [2.05, 4.69) is 10.6 Å². The van der Waals surface area contributed by atoms with Crippen molar-refractivity contribution >= 4 is 11.8 Å². The molecule has 23 N–H and O–H groups in total. The Bertz CT molecular complexity index is 2060. The van der Waals surface area contributed by atoms with Gasteiger partial charge in [0.05, 0.1) is 46.2 Å². The molecule has 0 aromatic rings. The van der Waals surface area contributed by atoms with E-state index in [9.17, 15) is 117 Å². The first-order valence-corrected chi connectivity index (χ1v) is 26.6. The zero-order valence-corrected chi connectivity index (χ0v) is 44.7. The molecule has 7 rings (SSSR count). The van der Waals surface area contributed by atoms with Crippen molar-refractivity contribution < 1.29 is 178 Å². The summed E-state index contributed by atoms with van der Waals surface area (Å²) in [5, 5.41) is 230. The fourth-order valence-electron chi connectivity index (χ4n) is 10.7. The molecule has 7 aliphatic heterocycles. The van der Waals surface area contributed by atoms with E-state index in [1.807, 2.05) is 0 Å². The molecule has 7 heterocycles. The van der Waals surface area contributed by atoms with Crippen molar-refractivity contribution in [2.24, 2.45) is 0 Å². The van der Waals surface area contributed by atoms with Crippen LogP contribution in [0.1, 0.15) is 13.8 Å². The number of amides is 2. The Morgan fingerprint density at radius 3 is 1.04 bits per heavy atom. The van der Waals surface area contributed by atoms with Gasteiger partial charge in [-0.2, -0.15) is 0 Å². The van der Waals surface area contributed by atoms with Crippen LogP contribution in [0.5, 0.6) is 0 Å². The first-order valence-electron chi connectivity index (χ1n) is 26.6. The molecule has 2 amide bonds. The van der Waals surface area contributed by atoms with Gasteiger partial charge >= 0.3 is 0 Å². The molecule has 0 bridgehead atoms. The van der Waals surface area contributed by atoms with E-state index in [1.54, 1.807) is 0 Å². The van der Waals surface area contributed by atoms with E-state index in [1.165, 1.54) is 0 Å². The largest absolute Gasteiger partial charge is 0.394 e. The number of carbonyl (C=O) groups is 2. The molecule has 84 heavy (non-hydrogen) atoms. The Labute approximate surface area is 475 Å². The van der Waals surface area contributed by atoms with Crippen LogP contribution in [-0.4, -0.2) is 380 Å². The fraction of sp³-hybridized carbons (Fsp3) is 0.957. The Kier molecular flexibility index (Phi) is 24.6. The Balaban J connectivity index is 1.13. The molecule has 0 saturated carbocycles. The quantitative estimate of drug-likeness (QED) is 0.0507. The van der Waals surface area contributed by atoms with E-state index in [0.717, 1.165) is 13.8 Å². The fourth-order valence-corrected chi connectivity index (χ4v) is 10.7. The van der Waals surface area contributed by atoms with E-state index in [0.29, 0.717) is 0 Å². The molecule has 488 valence electrons. The maximum absolute atomic E-state index is 12.7. The number of hydrogen-bond acceptors (Lipinski definition) is 36. The Morgan fingerprint density at radius 2 is 0.619 bits per heavy atom. The van der Waals surface area contributed by atoms with Crippen LogP contribution in [0, 0.1) is 0 Å². The number of aliphatic hydroxyl groups is 21. The van der Waals surface area contributed by atoms with Crippen molar-refractivity contribution in [1.29, 1.82) is 0 Å². The van der Waals surface area contributed by atoms with Gasteiger partial charge in [-0.1, -0.05) is 0 Å². The summed E-state index contributed by atoms with van der Waals surface area (Å²) >= 11 is 0. The average Bonchev–Trinajstić information content (AvgIpc) is 3.55. The minimum Gasteiger partial charge on any atom is -0.394 e. The smallest absolute Gasteiger partial charge is 0.217 e. The topological polar surface area (TPSA) is 603 Å². The summed E-state index contributed by atoms with van der Waals surface area (Å²) in [7, 11) is 0. The SMILES string of the molecule is CC(=O)N[C@H]1[C@H](O[C@H]2[C@@H](O)[C@@H](CO[C@@H]3O[C@H](CO)[C@@H](O[C@@H]4O[C@H](CO)[C@H](O)[C@H](O[C@H]5O[C@H](CO)[C@H](O)[C@H](O)[C@H]5O)[C@H]4O)[C@H](O)[C@H]3NC(C)=O)O[C@@H](O[C@H]3[C@H](O)[C@@H](O)C(O)O[C@@H]3CO)[C@@H]2O)O[C@H](CO)[C@@H](O[C@@H]2O[C@H](CO)[C@H](O)[C@H](O)[C@H]2O)[C@@H]1O. The molecule has 38 heteroatoms. The molecule has 0 aromatic carbocycles. The summed E-state index contributed by atoms with van der Waals surface area (Å²) in [5.74, 6) is -1.75. The lowest BCUT2D eigenvalue weighted by Crippen LogP contribution is -2.70. The minimum atomic E-state index is -2.30. The highest BCUT2D eigenvalue weighted by Crippen LogP contribution is 2.37. The predicted molar refractivity (Wildman–Crippen MR) is 255 cm³/mol. The third-order valence-corrected chi connectivity index (χ3v) is 15.3.